The second-order valence-corrected chi connectivity index (χ2v) is 5.73. The van der Waals surface area contributed by atoms with E-state index in [1.807, 2.05) is 19.1 Å². The molecule has 7 heteroatoms. The van der Waals surface area contributed by atoms with Crippen molar-refractivity contribution in [2.75, 3.05) is 7.11 Å². The van der Waals surface area contributed by atoms with Gasteiger partial charge in [0, 0.05) is 16.2 Å². The summed E-state index contributed by atoms with van der Waals surface area (Å²) in [5.41, 5.74) is 7.55. The molecule has 1 atom stereocenters. The zero-order valence-electron chi connectivity index (χ0n) is 12.9. The highest BCUT2D eigenvalue weighted by Crippen LogP contribution is 2.26. The molecular formula is C16H18Cl2N4O. The van der Waals surface area contributed by atoms with Crippen molar-refractivity contribution in [3.8, 4) is 5.75 Å². The van der Waals surface area contributed by atoms with Gasteiger partial charge in [-0.05, 0) is 36.8 Å². The molecule has 0 saturated heterocycles. The van der Waals surface area contributed by atoms with Crippen LogP contribution in [0.2, 0.25) is 10.0 Å². The first-order chi connectivity index (χ1) is 11.0. The van der Waals surface area contributed by atoms with Gasteiger partial charge in [0.15, 0.2) is 5.96 Å². The van der Waals surface area contributed by atoms with Crippen LogP contribution >= 0.6 is 23.2 Å². The van der Waals surface area contributed by atoms with Crippen LogP contribution < -0.4 is 15.8 Å². The van der Waals surface area contributed by atoms with E-state index in [1.54, 1.807) is 31.5 Å². The Labute approximate surface area is 145 Å². The minimum atomic E-state index is -0.103. The number of benzene rings is 1. The lowest BCUT2D eigenvalue weighted by Gasteiger charge is -2.16. The normalized spacial score (nSPS) is 12.8. The van der Waals surface area contributed by atoms with Crippen LogP contribution in [0.3, 0.4) is 0 Å². The maximum absolute atomic E-state index is 6.19. The molecule has 0 aliphatic carbocycles. The Hall–Kier alpha value is -1.98. The molecule has 0 radical (unpaired) electrons. The van der Waals surface area contributed by atoms with Crippen molar-refractivity contribution in [3.05, 3.63) is 57.8 Å². The van der Waals surface area contributed by atoms with E-state index < -0.39 is 0 Å². The highest BCUT2D eigenvalue weighted by atomic mass is 35.5. The third kappa shape index (κ3) is 4.74. The second-order valence-electron chi connectivity index (χ2n) is 4.89. The maximum Gasteiger partial charge on any atom is 0.189 e. The summed E-state index contributed by atoms with van der Waals surface area (Å²) >= 11 is 12.1. The summed E-state index contributed by atoms with van der Waals surface area (Å²) in [6.07, 6.45) is 1.69. The average Bonchev–Trinajstić information content (AvgIpc) is 2.53. The molecule has 2 aromatic rings. The van der Waals surface area contributed by atoms with Crippen LogP contribution in [0, 0.1) is 0 Å². The van der Waals surface area contributed by atoms with Crippen molar-refractivity contribution in [1.29, 1.82) is 0 Å². The van der Waals surface area contributed by atoms with Gasteiger partial charge >= 0.3 is 0 Å². The minimum absolute atomic E-state index is 0.103. The van der Waals surface area contributed by atoms with Gasteiger partial charge in [-0.15, -0.1) is 0 Å². The molecule has 2 rings (SSSR count). The van der Waals surface area contributed by atoms with E-state index in [0.29, 0.717) is 28.3 Å². The smallest absolute Gasteiger partial charge is 0.189 e. The van der Waals surface area contributed by atoms with Gasteiger partial charge in [0.25, 0.3) is 0 Å². The maximum atomic E-state index is 6.19. The Morgan fingerprint density at radius 2 is 2.17 bits per heavy atom. The number of methoxy groups -OCH3 is 1. The van der Waals surface area contributed by atoms with Crippen molar-refractivity contribution in [2.45, 2.75) is 19.5 Å². The van der Waals surface area contributed by atoms with Crippen molar-refractivity contribution < 1.29 is 4.74 Å². The predicted molar refractivity (Wildman–Crippen MR) is 94.1 cm³/mol. The number of aliphatic imine (C=N–C) groups is 1. The number of pyridine rings is 1. The van der Waals surface area contributed by atoms with Gasteiger partial charge < -0.3 is 15.8 Å². The van der Waals surface area contributed by atoms with Crippen LogP contribution in [0.15, 0.2) is 41.5 Å². The first-order valence-electron chi connectivity index (χ1n) is 7.00. The molecule has 23 heavy (non-hydrogen) atoms. The molecule has 5 nitrogen and oxygen atoms in total. The lowest BCUT2D eigenvalue weighted by atomic mass is 10.1. The van der Waals surface area contributed by atoms with E-state index in [2.05, 4.69) is 15.3 Å². The van der Waals surface area contributed by atoms with Gasteiger partial charge in [0.05, 0.1) is 19.7 Å². The quantitative estimate of drug-likeness (QED) is 0.637. The Kier molecular flexibility index (Phi) is 6.07. The number of nitrogens with one attached hydrogen (secondary N) is 1. The molecule has 0 aliphatic rings. The van der Waals surface area contributed by atoms with Crippen LogP contribution in [-0.2, 0) is 6.54 Å². The minimum Gasteiger partial charge on any atom is -0.495 e. The molecule has 1 unspecified atom stereocenters. The van der Waals surface area contributed by atoms with Crippen molar-refractivity contribution in [3.63, 3.8) is 0 Å². The van der Waals surface area contributed by atoms with E-state index in [0.717, 1.165) is 11.3 Å². The highest BCUT2D eigenvalue weighted by molar-refractivity contribution is 6.35. The molecule has 122 valence electrons. The molecular weight excluding hydrogens is 335 g/mol. The Balaban J connectivity index is 2.04. The molecule has 0 spiro atoms. The van der Waals surface area contributed by atoms with Gasteiger partial charge in [-0.25, -0.2) is 4.99 Å². The number of aromatic nitrogens is 1. The number of rotatable bonds is 5. The first kappa shape index (κ1) is 17.4. The van der Waals surface area contributed by atoms with Crippen molar-refractivity contribution >= 4 is 29.2 Å². The fourth-order valence-corrected chi connectivity index (χ4v) is 2.66. The van der Waals surface area contributed by atoms with Crippen LogP contribution in [0.4, 0.5) is 0 Å². The number of nitrogens with two attached hydrogens (primary N) is 1. The third-order valence-electron chi connectivity index (χ3n) is 3.26. The van der Waals surface area contributed by atoms with Gasteiger partial charge in [0.2, 0.25) is 0 Å². The molecule has 0 bridgehead atoms. The monoisotopic (exact) mass is 352 g/mol. The van der Waals surface area contributed by atoms with E-state index in [9.17, 15) is 0 Å². The van der Waals surface area contributed by atoms with E-state index in [-0.39, 0.29) is 6.04 Å². The SMILES string of the molecule is COc1cccnc1CN=C(N)NC(C)c1ccc(Cl)cc1Cl. The predicted octanol–water partition coefficient (Wildman–Crippen LogP) is 3.56. The first-order valence-corrected chi connectivity index (χ1v) is 7.76. The van der Waals surface area contributed by atoms with Gasteiger partial charge in [-0.1, -0.05) is 29.3 Å². The number of hydrogen-bond acceptors (Lipinski definition) is 3. The fraction of sp³-hybridized carbons (Fsp3) is 0.250. The molecule has 0 amide bonds. The lowest BCUT2D eigenvalue weighted by Crippen LogP contribution is -2.34. The topological polar surface area (TPSA) is 72.5 Å². The van der Waals surface area contributed by atoms with E-state index in [1.165, 1.54) is 0 Å². The molecule has 3 N–H and O–H groups in total. The summed E-state index contributed by atoms with van der Waals surface area (Å²) in [5.74, 6) is 0.981. The molecule has 1 aromatic carbocycles. The summed E-state index contributed by atoms with van der Waals surface area (Å²) in [6, 6.07) is 8.87. The van der Waals surface area contributed by atoms with Crippen molar-refractivity contribution in [2.24, 2.45) is 10.7 Å². The molecule has 1 aromatic heterocycles. The number of ether oxygens (including phenoxy) is 1. The van der Waals surface area contributed by atoms with E-state index >= 15 is 0 Å². The standard InChI is InChI=1S/C16H18Cl2N4O/c1-10(12-6-5-11(17)8-13(12)18)22-16(19)21-9-14-15(23-2)4-3-7-20-14/h3-8,10H,9H2,1-2H3,(H3,19,21,22). The Morgan fingerprint density at radius 3 is 2.87 bits per heavy atom. The van der Waals surface area contributed by atoms with Gasteiger partial charge in [0.1, 0.15) is 11.4 Å². The second kappa shape index (κ2) is 8.04. The van der Waals surface area contributed by atoms with Crippen LogP contribution in [-0.4, -0.2) is 18.1 Å². The number of halogens is 2. The average molecular weight is 353 g/mol. The summed E-state index contributed by atoms with van der Waals surface area (Å²) in [6.45, 7) is 2.27. The highest BCUT2D eigenvalue weighted by Gasteiger charge is 2.11. The zero-order valence-corrected chi connectivity index (χ0v) is 14.4. The molecule has 0 saturated carbocycles. The third-order valence-corrected chi connectivity index (χ3v) is 3.82. The Morgan fingerprint density at radius 1 is 1.39 bits per heavy atom. The summed E-state index contributed by atoms with van der Waals surface area (Å²) in [4.78, 5) is 8.52. The van der Waals surface area contributed by atoms with Crippen LogP contribution in [0.25, 0.3) is 0 Å². The summed E-state index contributed by atoms with van der Waals surface area (Å²) < 4.78 is 5.23. The largest absolute Gasteiger partial charge is 0.495 e. The molecule has 0 aliphatic heterocycles. The van der Waals surface area contributed by atoms with Gasteiger partial charge in [-0.2, -0.15) is 0 Å². The number of guanidine groups is 1. The summed E-state index contributed by atoms with van der Waals surface area (Å²) in [5, 5.41) is 4.27. The molecule has 0 fully saturated rings. The lowest BCUT2D eigenvalue weighted by molar-refractivity contribution is 0.407. The fourth-order valence-electron chi connectivity index (χ4n) is 2.09. The van der Waals surface area contributed by atoms with Gasteiger partial charge in [-0.3, -0.25) is 4.98 Å². The summed E-state index contributed by atoms with van der Waals surface area (Å²) in [7, 11) is 1.59. The number of nitrogens with zero attached hydrogens (tertiary/aromatic N) is 2. The van der Waals surface area contributed by atoms with Crippen molar-refractivity contribution in [1.82, 2.24) is 10.3 Å². The van der Waals surface area contributed by atoms with Crippen LogP contribution in [0.5, 0.6) is 5.75 Å². The number of hydrogen-bond donors (Lipinski definition) is 2. The Bertz CT molecular complexity index is 706. The van der Waals surface area contributed by atoms with E-state index in [4.69, 9.17) is 33.7 Å². The van der Waals surface area contributed by atoms with Crippen LogP contribution in [0.1, 0.15) is 24.2 Å². The molecule has 1 heterocycles. The zero-order chi connectivity index (χ0) is 16.8.